The molecule has 1 aliphatic carbocycles. The number of thioether (sulfide) groups is 1. The Kier molecular flexibility index (Phi) is 8.37. The van der Waals surface area contributed by atoms with Crippen LogP contribution in [0, 0.1) is 31.1 Å². The van der Waals surface area contributed by atoms with E-state index >= 15 is 0 Å². The molecule has 4 rings (SSSR count). The van der Waals surface area contributed by atoms with Crippen LogP contribution in [0.2, 0.25) is 0 Å². The molecule has 3 aromatic rings. The van der Waals surface area contributed by atoms with Gasteiger partial charge in [0.25, 0.3) is 0 Å². The van der Waals surface area contributed by atoms with Crippen LogP contribution < -0.4 is 10.1 Å². The van der Waals surface area contributed by atoms with Crippen molar-refractivity contribution in [1.82, 2.24) is 14.8 Å². The molecule has 2 aromatic heterocycles. The molecule has 2 heterocycles. The summed E-state index contributed by atoms with van der Waals surface area (Å²) in [7, 11) is 0. The number of thiophene rings is 1. The Morgan fingerprint density at radius 3 is 2.72 bits per heavy atom. The van der Waals surface area contributed by atoms with E-state index in [4.69, 9.17) is 4.74 Å². The average molecular weight is 524 g/mol. The minimum atomic E-state index is -0.288. The van der Waals surface area contributed by atoms with E-state index in [1.54, 1.807) is 11.3 Å². The van der Waals surface area contributed by atoms with Crippen LogP contribution in [-0.4, -0.2) is 26.4 Å². The highest BCUT2D eigenvalue weighted by atomic mass is 32.2. The van der Waals surface area contributed by atoms with Crippen molar-refractivity contribution >= 4 is 34.0 Å². The lowest BCUT2D eigenvalue weighted by atomic mass is 9.86. The summed E-state index contributed by atoms with van der Waals surface area (Å²) in [5.41, 5.74) is 4.06. The maximum absolute atomic E-state index is 12.8. The Labute approximate surface area is 221 Å². The number of carbonyl (C=O) groups is 1. The van der Waals surface area contributed by atoms with Crippen LogP contribution in [0.25, 0.3) is 0 Å². The molecule has 2 atom stereocenters. The molecule has 1 N–H and O–H groups in total. The van der Waals surface area contributed by atoms with Crippen molar-refractivity contribution < 1.29 is 9.53 Å². The van der Waals surface area contributed by atoms with Crippen LogP contribution in [-0.2, 0) is 24.2 Å². The van der Waals surface area contributed by atoms with E-state index < -0.39 is 0 Å². The monoisotopic (exact) mass is 523 g/mol. The van der Waals surface area contributed by atoms with E-state index in [1.807, 2.05) is 44.4 Å². The van der Waals surface area contributed by atoms with E-state index in [1.165, 1.54) is 16.6 Å². The zero-order valence-electron chi connectivity index (χ0n) is 21.6. The first-order chi connectivity index (χ1) is 17.3. The summed E-state index contributed by atoms with van der Waals surface area (Å²) in [4.78, 5) is 14.1. The summed E-state index contributed by atoms with van der Waals surface area (Å²) in [5, 5.41) is 22.8. The van der Waals surface area contributed by atoms with Crippen LogP contribution in [0.4, 0.5) is 5.00 Å². The van der Waals surface area contributed by atoms with Crippen molar-refractivity contribution in [3.63, 3.8) is 0 Å². The molecule has 1 aromatic carbocycles. The van der Waals surface area contributed by atoms with Gasteiger partial charge in [-0.25, -0.2) is 0 Å². The number of hydrogen-bond donors (Lipinski definition) is 1. The molecular weight excluding hydrogens is 490 g/mol. The number of hydrogen-bond acceptors (Lipinski definition) is 7. The molecule has 0 radical (unpaired) electrons. The number of carbonyl (C=O) groups excluding carboxylic acids is 1. The number of nitrogens with one attached hydrogen (secondary N) is 1. The summed E-state index contributed by atoms with van der Waals surface area (Å²) in [6.45, 7) is 11.0. The fraction of sp³-hybridized carbons (Fsp3) is 0.481. The van der Waals surface area contributed by atoms with Crippen molar-refractivity contribution in [3.8, 4) is 11.8 Å². The normalized spacial score (nSPS) is 15.7. The van der Waals surface area contributed by atoms with Crippen LogP contribution in [0.5, 0.6) is 5.75 Å². The average Bonchev–Trinajstić information content (AvgIpc) is 3.41. The second-order valence-electron chi connectivity index (χ2n) is 9.34. The second-order valence-corrected chi connectivity index (χ2v) is 11.4. The first-order valence-corrected chi connectivity index (χ1v) is 14.3. The third kappa shape index (κ3) is 5.76. The fourth-order valence-electron chi connectivity index (χ4n) is 4.76. The second kappa shape index (κ2) is 11.5. The number of anilines is 1. The van der Waals surface area contributed by atoms with Crippen molar-refractivity contribution in [2.75, 3.05) is 11.1 Å². The topological polar surface area (TPSA) is 92.8 Å². The first-order valence-electron chi connectivity index (χ1n) is 12.5. The van der Waals surface area contributed by atoms with E-state index in [-0.39, 0.29) is 17.8 Å². The lowest BCUT2D eigenvalue weighted by molar-refractivity contribution is -0.113. The minimum Gasteiger partial charge on any atom is -0.483 e. The van der Waals surface area contributed by atoms with Gasteiger partial charge in [0.05, 0.1) is 11.3 Å². The highest BCUT2D eigenvalue weighted by Crippen LogP contribution is 2.40. The highest BCUT2D eigenvalue weighted by molar-refractivity contribution is 7.99. The van der Waals surface area contributed by atoms with Gasteiger partial charge in [0.1, 0.15) is 16.8 Å². The van der Waals surface area contributed by atoms with Gasteiger partial charge in [-0.3, -0.25) is 4.79 Å². The van der Waals surface area contributed by atoms with Crippen LogP contribution in [0.3, 0.4) is 0 Å². The van der Waals surface area contributed by atoms with Gasteiger partial charge in [0.2, 0.25) is 5.91 Å². The van der Waals surface area contributed by atoms with Gasteiger partial charge in [-0.05, 0) is 81.7 Å². The molecule has 0 saturated carbocycles. The van der Waals surface area contributed by atoms with Gasteiger partial charge in [-0.15, -0.1) is 21.5 Å². The van der Waals surface area contributed by atoms with Gasteiger partial charge in [-0.2, -0.15) is 5.26 Å². The Morgan fingerprint density at radius 1 is 1.31 bits per heavy atom. The number of nitriles is 1. The summed E-state index contributed by atoms with van der Waals surface area (Å²) in [5.74, 6) is 2.24. The zero-order chi connectivity index (χ0) is 25.8. The van der Waals surface area contributed by atoms with Crippen molar-refractivity contribution in [1.29, 1.82) is 5.26 Å². The van der Waals surface area contributed by atoms with Crippen molar-refractivity contribution in [3.05, 3.63) is 51.2 Å². The Hall–Kier alpha value is -2.83. The maximum Gasteiger partial charge on any atom is 0.235 e. The molecule has 9 heteroatoms. The quantitative estimate of drug-likeness (QED) is 0.334. The van der Waals surface area contributed by atoms with Gasteiger partial charge in [0.15, 0.2) is 17.1 Å². The minimum absolute atomic E-state index is 0.145. The number of aromatic nitrogens is 3. The number of rotatable bonds is 9. The summed E-state index contributed by atoms with van der Waals surface area (Å²) < 4.78 is 8.15. The van der Waals surface area contributed by atoms with E-state index in [0.717, 1.165) is 53.9 Å². The molecule has 1 amide bonds. The van der Waals surface area contributed by atoms with Crippen molar-refractivity contribution in [2.45, 2.75) is 78.1 Å². The maximum atomic E-state index is 12.8. The first kappa shape index (κ1) is 26.2. The molecule has 0 fully saturated rings. The highest BCUT2D eigenvalue weighted by Gasteiger charge is 2.26. The predicted octanol–water partition coefficient (Wildman–Crippen LogP) is 6.23. The van der Waals surface area contributed by atoms with E-state index in [9.17, 15) is 10.1 Å². The zero-order valence-corrected chi connectivity index (χ0v) is 23.2. The molecule has 0 bridgehead atoms. The lowest BCUT2D eigenvalue weighted by Crippen LogP contribution is -2.15. The summed E-state index contributed by atoms with van der Waals surface area (Å²) >= 11 is 2.90. The molecule has 0 spiro atoms. The fourth-order valence-corrected chi connectivity index (χ4v) is 6.90. The molecule has 36 heavy (non-hydrogen) atoms. The molecule has 0 aliphatic heterocycles. The number of ether oxygens (including phenoxy) is 1. The summed E-state index contributed by atoms with van der Waals surface area (Å²) in [6.07, 6.45) is 3.89. The number of nitrogens with zero attached hydrogens (tertiary/aromatic N) is 4. The van der Waals surface area contributed by atoms with E-state index in [2.05, 4.69) is 34.6 Å². The Morgan fingerprint density at radius 2 is 2.06 bits per heavy atom. The predicted molar refractivity (Wildman–Crippen MR) is 145 cm³/mol. The molecule has 0 saturated heterocycles. The van der Waals surface area contributed by atoms with Crippen LogP contribution in [0.15, 0.2) is 23.4 Å². The van der Waals surface area contributed by atoms with Gasteiger partial charge >= 0.3 is 0 Å². The number of aryl methyl sites for hydroxylation is 2. The van der Waals surface area contributed by atoms with Gasteiger partial charge in [-0.1, -0.05) is 31.2 Å². The number of benzene rings is 1. The Balaban J connectivity index is 1.41. The third-order valence-corrected chi connectivity index (χ3v) is 8.71. The summed E-state index contributed by atoms with van der Waals surface area (Å²) in [6, 6.07) is 8.46. The molecule has 1 aliphatic rings. The van der Waals surface area contributed by atoms with Crippen LogP contribution in [0.1, 0.15) is 72.7 Å². The molecule has 7 nitrogen and oxygen atoms in total. The lowest BCUT2D eigenvalue weighted by Gasteiger charge is -2.20. The van der Waals surface area contributed by atoms with Gasteiger partial charge in [0, 0.05) is 11.4 Å². The van der Waals surface area contributed by atoms with Crippen LogP contribution >= 0.6 is 23.1 Å². The smallest absolute Gasteiger partial charge is 0.235 e. The Bertz CT molecular complexity index is 1270. The number of fused-ring (bicyclic) bond motifs is 1. The van der Waals surface area contributed by atoms with E-state index in [0.29, 0.717) is 28.2 Å². The van der Waals surface area contributed by atoms with Crippen molar-refractivity contribution in [2.24, 2.45) is 5.92 Å². The largest absolute Gasteiger partial charge is 0.483 e. The SMILES string of the molecule is CCC1CCc2c(sc(NC(=O)CSc3nnc(C(C)Oc4cc(C)cc(C)c4)n3CC)c2C#N)C1. The molecule has 2 unspecified atom stereocenters. The van der Waals surface area contributed by atoms with Gasteiger partial charge < -0.3 is 14.6 Å². The third-order valence-electron chi connectivity index (χ3n) is 6.58. The number of amides is 1. The standard InChI is InChI=1S/C27H33N5O2S2/c1-6-19-8-9-21-22(14-28)26(36-23(21)13-19)29-24(33)15-35-27-31-30-25(32(27)7-2)18(5)34-20-11-16(3)10-17(4)12-20/h10-12,18-19H,6-9,13,15H2,1-5H3,(H,29,33). The molecular formula is C27H33N5O2S2. The molecule has 190 valence electrons.